The summed E-state index contributed by atoms with van der Waals surface area (Å²) in [6.07, 6.45) is 7.99. The summed E-state index contributed by atoms with van der Waals surface area (Å²) in [7, 11) is 0. The number of ether oxygens (including phenoxy) is 2. The van der Waals surface area contributed by atoms with Crippen LogP contribution < -0.4 is 4.74 Å². The highest BCUT2D eigenvalue weighted by molar-refractivity contribution is 5.80. The highest BCUT2D eigenvalue weighted by Gasteiger charge is 2.22. The SMILES string of the molecule is Cc1cc(C#N)cc(-c2cnn3cc(-c4cccnc4)c(OC4CCOC4)nc23)c1. The summed E-state index contributed by atoms with van der Waals surface area (Å²) in [5, 5.41) is 13.8. The first kappa shape index (κ1) is 18.3. The second kappa shape index (κ2) is 7.58. The number of hydrogen-bond donors (Lipinski definition) is 0. The number of aryl methyl sites for hydroxylation is 1. The molecule has 3 aromatic heterocycles. The zero-order valence-electron chi connectivity index (χ0n) is 16.4. The smallest absolute Gasteiger partial charge is 0.225 e. The van der Waals surface area contributed by atoms with Crippen molar-refractivity contribution in [3.8, 4) is 34.2 Å². The highest BCUT2D eigenvalue weighted by atomic mass is 16.5. The van der Waals surface area contributed by atoms with E-state index < -0.39 is 0 Å². The van der Waals surface area contributed by atoms with Gasteiger partial charge in [0.15, 0.2) is 5.65 Å². The molecular formula is C23H19N5O2. The molecule has 0 radical (unpaired) electrons. The van der Waals surface area contributed by atoms with Gasteiger partial charge in [0.1, 0.15) is 6.10 Å². The summed E-state index contributed by atoms with van der Waals surface area (Å²) >= 11 is 0. The normalized spacial score (nSPS) is 15.9. The highest BCUT2D eigenvalue weighted by Crippen LogP contribution is 2.33. The van der Waals surface area contributed by atoms with Crippen LogP contribution >= 0.6 is 0 Å². The van der Waals surface area contributed by atoms with E-state index in [1.54, 1.807) is 23.1 Å². The van der Waals surface area contributed by atoms with Crippen LogP contribution in [-0.2, 0) is 4.74 Å². The van der Waals surface area contributed by atoms with Crippen LogP contribution in [0.25, 0.3) is 27.9 Å². The van der Waals surface area contributed by atoms with Crippen LogP contribution in [0.3, 0.4) is 0 Å². The number of fused-ring (bicyclic) bond motifs is 1. The minimum Gasteiger partial charge on any atom is -0.471 e. The average molecular weight is 397 g/mol. The van der Waals surface area contributed by atoms with Gasteiger partial charge < -0.3 is 9.47 Å². The molecule has 0 amide bonds. The van der Waals surface area contributed by atoms with E-state index in [1.165, 1.54) is 0 Å². The van der Waals surface area contributed by atoms with Crippen molar-refractivity contribution >= 4 is 5.65 Å². The van der Waals surface area contributed by atoms with Crippen molar-refractivity contribution in [2.75, 3.05) is 13.2 Å². The zero-order valence-corrected chi connectivity index (χ0v) is 16.4. The fraction of sp³-hybridized carbons (Fsp3) is 0.217. The van der Waals surface area contributed by atoms with E-state index in [9.17, 15) is 5.26 Å². The van der Waals surface area contributed by atoms with Crippen LogP contribution in [0.5, 0.6) is 5.88 Å². The Morgan fingerprint density at radius 2 is 2.13 bits per heavy atom. The maximum absolute atomic E-state index is 9.34. The molecule has 1 atom stereocenters. The molecule has 1 aliphatic rings. The number of pyridine rings is 1. The molecule has 0 aliphatic carbocycles. The Hall–Kier alpha value is -3.76. The van der Waals surface area contributed by atoms with Crippen molar-refractivity contribution in [1.29, 1.82) is 5.26 Å². The molecule has 30 heavy (non-hydrogen) atoms. The molecule has 1 aliphatic heterocycles. The van der Waals surface area contributed by atoms with Crippen molar-refractivity contribution < 1.29 is 9.47 Å². The maximum Gasteiger partial charge on any atom is 0.225 e. The molecule has 0 bridgehead atoms. The monoisotopic (exact) mass is 397 g/mol. The molecule has 7 nitrogen and oxygen atoms in total. The Balaban J connectivity index is 1.67. The van der Waals surface area contributed by atoms with Gasteiger partial charge >= 0.3 is 0 Å². The predicted molar refractivity (Wildman–Crippen MR) is 111 cm³/mol. The van der Waals surface area contributed by atoms with E-state index in [-0.39, 0.29) is 6.10 Å². The maximum atomic E-state index is 9.34. The quantitative estimate of drug-likeness (QED) is 0.521. The summed E-state index contributed by atoms with van der Waals surface area (Å²) in [6, 6.07) is 11.8. The fourth-order valence-electron chi connectivity index (χ4n) is 3.68. The lowest BCUT2D eigenvalue weighted by Crippen LogP contribution is -2.17. The van der Waals surface area contributed by atoms with Crippen molar-refractivity contribution in [2.45, 2.75) is 19.4 Å². The molecular weight excluding hydrogens is 378 g/mol. The summed E-state index contributed by atoms with van der Waals surface area (Å²) in [6.45, 7) is 3.21. The van der Waals surface area contributed by atoms with E-state index in [0.717, 1.165) is 34.2 Å². The van der Waals surface area contributed by atoms with E-state index in [0.29, 0.717) is 30.3 Å². The third-order valence-electron chi connectivity index (χ3n) is 5.11. The standard InChI is InChI=1S/C23H19N5O2/c1-15-7-16(10-24)9-18(8-15)20-12-26-28-13-21(17-3-2-5-25-11-17)23(27-22(20)28)30-19-4-6-29-14-19/h2-3,5,7-9,11-13,19H,4,6,14H2,1H3. The van der Waals surface area contributed by atoms with Gasteiger partial charge in [-0.15, -0.1) is 0 Å². The van der Waals surface area contributed by atoms with Crippen molar-refractivity contribution in [1.82, 2.24) is 19.6 Å². The largest absolute Gasteiger partial charge is 0.471 e. The molecule has 1 saturated heterocycles. The van der Waals surface area contributed by atoms with Gasteiger partial charge in [0, 0.05) is 36.1 Å². The molecule has 0 saturated carbocycles. The summed E-state index contributed by atoms with van der Waals surface area (Å²) < 4.78 is 13.4. The first-order valence-corrected chi connectivity index (χ1v) is 9.76. The third kappa shape index (κ3) is 3.38. The van der Waals surface area contributed by atoms with Gasteiger partial charge in [-0.3, -0.25) is 4.98 Å². The number of nitrogens with zero attached hydrogens (tertiary/aromatic N) is 5. The molecule has 1 fully saturated rings. The molecule has 148 valence electrons. The van der Waals surface area contributed by atoms with Gasteiger partial charge in [0.05, 0.1) is 36.6 Å². The number of hydrogen-bond acceptors (Lipinski definition) is 6. The first-order chi connectivity index (χ1) is 14.7. The topological polar surface area (TPSA) is 85.3 Å². The molecule has 0 N–H and O–H groups in total. The van der Waals surface area contributed by atoms with Gasteiger partial charge in [-0.05, 0) is 36.2 Å². The van der Waals surface area contributed by atoms with Gasteiger partial charge in [-0.25, -0.2) is 4.52 Å². The lowest BCUT2D eigenvalue weighted by atomic mass is 10.0. The molecule has 4 heterocycles. The number of rotatable bonds is 4. The number of nitriles is 1. The Kier molecular flexibility index (Phi) is 4.62. The molecule has 4 aromatic rings. The van der Waals surface area contributed by atoms with Crippen LogP contribution in [-0.4, -0.2) is 38.9 Å². The van der Waals surface area contributed by atoms with Crippen LogP contribution in [0.4, 0.5) is 0 Å². The summed E-state index contributed by atoms with van der Waals surface area (Å²) in [5.74, 6) is 0.529. The lowest BCUT2D eigenvalue weighted by Gasteiger charge is -2.15. The second-order valence-electron chi connectivity index (χ2n) is 7.33. The third-order valence-corrected chi connectivity index (χ3v) is 5.11. The zero-order chi connectivity index (χ0) is 20.5. The Morgan fingerprint density at radius 1 is 1.20 bits per heavy atom. The lowest BCUT2D eigenvalue weighted by molar-refractivity contribution is 0.138. The molecule has 0 spiro atoms. The van der Waals surface area contributed by atoms with Gasteiger partial charge in [0.25, 0.3) is 0 Å². The average Bonchev–Trinajstić information content (AvgIpc) is 3.43. The van der Waals surface area contributed by atoms with Crippen LogP contribution in [0.15, 0.2) is 55.1 Å². The minimum absolute atomic E-state index is 0.0362. The van der Waals surface area contributed by atoms with Crippen LogP contribution in [0, 0.1) is 18.3 Å². The Morgan fingerprint density at radius 3 is 2.90 bits per heavy atom. The predicted octanol–water partition coefficient (Wildman–Crippen LogP) is 3.81. The van der Waals surface area contributed by atoms with Gasteiger partial charge in [-0.1, -0.05) is 12.1 Å². The van der Waals surface area contributed by atoms with E-state index in [1.807, 2.05) is 43.5 Å². The second-order valence-corrected chi connectivity index (χ2v) is 7.33. The van der Waals surface area contributed by atoms with E-state index in [4.69, 9.17) is 14.5 Å². The van der Waals surface area contributed by atoms with E-state index in [2.05, 4.69) is 16.2 Å². The molecule has 1 aromatic carbocycles. The number of aromatic nitrogens is 4. The van der Waals surface area contributed by atoms with Crippen molar-refractivity contribution in [3.05, 3.63) is 66.2 Å². The summed E-state index contributed by atoms with van der Waals surface area (Å²) in [4.78, 5) is 9.08. The molecule has 7 heteroatoms. The molecule has 5 rings (SSSR count). The van der Waals surface area contributed by atoms with Gasteiger partial charge in [0.2, 0.25) is 5.88 Å². The van der Waals surface area contributed by atoms with Crippen LogP contribution in [0.1, 0.15) is 17.5 Å². The van der Waals surface area contributed by atoms with E-state index >= 15 is 0 Å². The minimum atomic E-state index is -0.0362. The fourth-order valence-corrected chi connectivity index (χ4v) is 3.68. The summed E-state index contributed by atoms with van der Waals surface area (Å²) in [5.41, 5.74) is 5.76. The van der Waals surface area contributed by atoms with Crippen LogP contribution in [0.2, 0.25) is 0 Å². The molecule has 1 unspecified atom stereocenters. The van der Waals surface area contributed by atoms with Crippen molar-refractivity contribution in [2.24, 2.45) is 0 Å². The Bertz CT molecular complexity index is 1250. The Labute approximate surface area is 173 Å². The number of benzene rings is 1. The van der Waals surface area contributed by atoms with Crippen molar-refractivity contribution in [3.63, 3.8) is 0 Å². The van der Waals surface area contributed by atoms with Gasteiger partial charge in [-0.2, -0.15) is 15.3 Å². The first-order valence-electron chi connectivity index (χ1n) is 9.76.